The number of sulfone groups is 1. The van der Waals surface area contributed by atoms with E-state index in [4.69, 9.17) is 21.1 Å². The Hall–Kier alpha value is -5.21. The summed E-state index contributed by atoms with van der Waals surface area (Å²) < 4.78 is 68.5. The maximum Gasteiger partial charge on any atom is 0.323 e. The second-order valence-corrected chi connectivity index (χ2v) is 34.0. The van der Waals surface area contributed by atoms with Crippen LogP contribution in [0, 0.1) is 5.92 Å². The van der Waals surface area contributed by atoms with Gasteiger partial charge in [0.1, 0.15) is 12.6 Å². The standard InChI is InChI=1S/C62H82ClN5O9S3Si/c1-44(2)66(4)58(30-31-60(69)76-39-40-81(6,7)8)62(71)77-38-37-67-34-14-15-52(67)41-50(43-78-53-16-10-9-11-17-53)64-57-29-28-54(42-59(57)79(5,72)73)80(74,75)65-61(70)48-22-26-51(27-23-48)68-35-32-46(33-36-68)45(3)55-18-12-13-19-56(55)47-20-24-49(63)25-21-47/h9-13,16-29,42,44-46,50,52,58,64H,14-15,30-41,43H2,1-8H3,(H,65,70)/t45-,50-,52+,58+/m1/s1. The summed E-state index contributed by atoms with van der Waals surface area (Å²) in [4.78, 5) is 46.8. The van der Waals surface area contributed by atoms with Gasteiger partial charge in [-0.2, -0.15) is 0 Å². The number of carbonyl (C=O) groups excluding carboxylic acids is 3. The molecule has 1 amide bonds. The molecule has 0 radical (unpaired) electrons. The van der Waals surface area contributed by atoms with Crippen LogP contribution in [-0.4, -0.2) is 135 Å². The molecule has 5 aromatic carbocycles. The summed E-state index contributed by atoms with van der Waals surface area (Å²) in [5.41, 5.74) is 4.99. The molecular formula is C62H82ClN5O9S3Si. The van der Waals surface area contributed by atoms with Crippen LogP contribution in [0.15, 0.2) is 136 Å². The molecule has 19 heteroatoms. The Balaban J connectivity index is 0.969. The molecule has 2 saturated heterocycles. The van der Waals surface area contributed by atoms with Crippen molar-refractivity contribution < 1.29 is 40.7 Å². The lowest BCUT2D eigenvalue weighted by atomic mass is 9.78. The number of likely N-dealkylation sites (N-methyl/N-ethyl adjacent to an activating group) is 1. The summed E-state index contributed by atoms with van der Waals surface area (Å²) in [6.45, 7) is 16.5. The summed E-state index contributed by atoms with van der Waals surface area (Å²) in [6, 6.07) is 37.3. The molecule has 81 heavy (non-hydrogen) atoms. The van der Waals surface area contributed by atoms with Crippen molar-refractivity contribution in [3.05, 3.63) is 137 Å². The molecule has 0 saturated carbocycles. The maximum atomic E-state index is 13.9. The quantitative estimate of drug-likeness (QED) is 0.0289. The van der Waals surface area contributed by atoms with Gasteiger partial charge in [-0.1, -0.05) is 92.8 Å². The van der Waals surface area contributed by atoms with Crippen LogP contribution >= 0.6 is 23.4 Å². The van der Waals surface area contributed by atoms with Crippen LogP contribution in [0.3, 0.4) is 0 Å². The first kappa shape index (κ1) is 63.4. The highest BCUT2D eigenvalue weighted by molar-refractivity contribution is 7.99. The van der Waals surface area contributed by atoms with Crippen LogP contribution in [0.1, 0.15) is 87.6 Å². The van der Waals surface area contributed by atoms with Crippen molar-refractivity contribution in [3.63, 3.8) is 0 Å². The fourth-order valence-electron chi connectivity index (χ4n) is 10.7. The third kappa shape index (κ3) is 18.4. The van der Waals surface area contributed by atoms with E-state index in [-0.39, 0.29) is 70.6 Å². The first-order valence-electron chi connectivity index (χ1n) is 28.3. The SMILES string of the molecule is CC(C)N(C)[C@@H](CCC(=O)OCC[Si](C)(C)C)C(=O)OCCN1CCC[C@H]1C[C@H](CSc1ccccc1)Nc1ccc(S(=O)(=O)NC(=O)c2ccc(N3CCC([C@@H](C)c4ccccc4-c4ccc(Cl)cc4)CC3)cc2)cc1S(C)(=O)=O. The van der Waals surface area contributed by atoms with Crippen molar-refractivity contribution in [1.29, 1.82) is 0 Å². The minimum Gasteiger partial charge on any atom is -0.466 e. The fraction of sp³-hybridized carbons (Fsp3) is 0.468. The molecule has 4 atom stereocenters. The largest absolute Gasteiger partial charge is 0.466 e. The zero-order valence-electron chi connectivity index (χ0n) is 48.2. The number of hydrogen-bond acceptors (Lipinski definition) is 14. The zero-order chi connectivity index (χ0) is 58.5. The van der Waals surface area contributed by atoms with Gasteiger partial charge >= 0.3 is 11.9 Å². The van der Waals surface area contributed by atoms with Gasteiger partial charge in [-0.3, -0.25) is 24.2 Å². The number of rotatable bonds is 27. The number of hydrogen-bond donors (Lipinski definition) is 2. The summed E-state index contributed by atoms with van der Waals surface area (Å²) in [5, 5.41) is 4.19. The molecule has 0 unspecified atom stereocenters. The molecule has 2 aliphatic rings. The third-order valence-corrected chi connectivity index (χ3v) is 21.4. The lowest BCUT2D eigenvalue weighted by molar-refractivity contribution is -0.152. The Kier molecular flexibility index (Phi) is 22.6. The van der Waals surface area contributed by atoms with Gasteiger partial charge in [0.2, 0.25) is 0 Å². The van der Waals surface area contributed by atoms with E-state index >= 15 is 0 Å². The Bertz CT molecular complexity index is 3120. The second kappa shape index (κ2) is 28.9. The zero-order valence-corrected chi connectivity index (χ0v) is 52.4. The molecule has 0 aliphatic carbocycles. The number of sulfonamides is 1. The monoisotopic (exact) mass is 1200 g/mol. The molecular weight excluding hydrogens is 1120 g/mol. The van der Waals surface area contributed by atoms with E-state index in [0.29, 0.717) is 42.2 Å². The van der Waals surface area contributed by atoms with Crippen molar-refractivity contribution in [1.82, 2.24) is 14.5 Å². The summed E-state index contributed by atoms with van der Waals surface area (Å²) in [6.07, 6.45) is 5.81. The van der Waals surface area contributed by atoms with Gasteiger partial charge < -0.3 is 19.7 Å². The lowest BCUT2D eigenvalue weighted by Gasteiger charge is -2.37. The van der Waals surface area contributed by atoms with Crippen molar-refractivity contribution in [2.45, 2.75) is 136 Å². The number of likely N-dealkylation sites (tertiary alicyclic amines) is 1. The van der Waals surface area contributed by atoms with Crippen molar-refractivity contribution in [2.24, 2.45) is 5.92 Å². The maximum absolute atomic E-state index is 13.9. The second-order valence-electron chi connectivity index (χ2n) is 23.2. The Morgan fingerprint density at radius 3 is 2.16 bits per heavy atom. The number of piperidine rings is 1. The Labute approximate surface area is 492 Å². The highest BCUT2D eigenvalue weighted by Crippen LogP contribution is 2.39. The van der Waals surface area contributed by atoms with Gasteiger partial charge in [-0.25, -0.2) is 21.6 Å². The van der Waals surface area contributed by atoms with E-state index in [2.05, 4.69) is 82.8 Å². The predicted octanol–water partition coefficient (Wildman–Crippen LogP) is 11.9. The van der Waals surface area contributed by atoms with E-state index in [1.54, 1.807) is 23.9 Å². The lowest BCUT2D eigenvalue weighted by Crippen LogP contribution is -2.44. The topological polar surface area (TPSA) is 172 Å². The van der Waals surface area contributed by atoms with Crippen LogP contribution in [0.5, 0.6) is 0 Å². The molecule has 14 nitrogen and oxygen atoms in total. The van der Waals surface area contributed by atoms with E-state index in [1.165, 1.54) is 23.3 Å². The van der Waals surface area contributed by atoms with E-state index in [1.807, 2.05) is 80.4 Å². The molecule has 0 aromatic heterocycles. The molecule has 2 N–H and O–H groups in total. The van der Waals surface area contributed by atoms with E-state index < -0.39 is 39.9 Å². The van der Waals surface area contributed by atoms with Crippen LogP contribution in [0.25, 0.3) is 11.1 Å². The number of thioether (sulfide) groups is 1. The Morgan fingerprint density at radius 2 is 1.49 bits per heavy atom. The van der Waals surface area contributed by atoms with Crippen molar-refractivity contribution in [3.8, 4) is 11.1 Å². The molecule has 438 valence electrons. The first-order valence-corrected chi connectivity index (χ1v) is 36.7. The molecule has 2 fully saturated rings. The smallest absolute Gasteiger partial charge is 0.323 e. The average Bonchev–Trinajstić information content (AvgIpc) is 3.90. The number of amides is 1. The van der Waals surface area contributed by atoms with Crippen LogP contribution in [0.2, 0.25) is 30.7 Å². The van der Waals surface area contributed by atoms with Gasteiger partial charge in [0, 0.05) is 85.4 Å². The number of anilines is 2. The number of ether oxygens (including phenoxy) is 2. The number of benzene rings is 5. The molecule has 2 aliphatic heterocycles. The first-order chi connectivity index (χ1) is 38.5. The highest BCUT2D eigenvalue weighted by atomic mass is 35.5. The number of nitrogens with one attached hydrogen (secondary N) is 2. The molecule has 7 rings (SSSR count). The third-order valence-electron chi connectivity index (χ3n) is 15.8. The predicted molar refractivity (Wildman–Crippen MR) is 331 cm³/mol. The van der Waals surface area contributed by atoms with Gasteiger partial charge in [-0.15, -0.1) is 11.8 Å². The van der Waals surface area contributed by atoms with E-state index in [0.717, 1.165) is 79.8 Å². The molecule has 2 heterocycles. The van der Waals surface area contributed by atoms with Crippen molar-refractivity contribution in [2.75, 3.05) is 68.7 Å². The van der Waals surface area contributed by atoms with Gasteiger partial charge in [0.25, 0.3) is 15.9 Å². The van der Waals surface area contributed by atoms with Crippen LogP contribution < -0.4 is 14.9 Å². The fourth-order valence-corrected chi connectivity index (χ4v) is 14.5. The number of esters is 2. The minimum atomic E-state index is -4.52. The highest BCUT2D eigenvalue weighted by Gasteiger charge is 2.32. The molecule has 5 aromatic rings. The summed E-state index contributed by atoms with van der Waals surface area (Å²) >= 11 is 7.82. The number of carbonyl (C=O) groups is 3. The normalized spacial score (nSPS) is 16.7. The van der Waals surface area contributed by atoms with Crippen molar-refractivity contribution >= 4 is 80.5 Å². The van der Waals surface area contributed by atoms with Gasteiger partial charge in [-0.05, 0) is 167 Å². The number of nitrogens with zero attached hydrogens (tertiary/aromatic N) is 3. The van der Waals surface area contributed by atoms with Gasteiger partial charge in [0.05, 0.1) is 22.1 Å². The van der Waals surface area contributed by atoms with E-state index in [9.17, 15) is 31.2 Å². The van der Waals surface area contributed by atoms with Crippen LogP contribution in [0.4, 0.5) is 11.4 Å². The minimum absolute atomic E-state index is 0.0405. The molecule has 0 spiro atoms. The molecule has 0 bridgehead atoms. The van der Waals surface area contributed by atoms with Crippen LogP contribution in [-0.2, 0) is 38.9 Å². The summed E-state index contributed by atoms with van der Waals surface area (Å²) in [7, 11) is -8.02. The Morgan fingerprint density at radius 1 is 0.815 bits per heavy atom. The summed E-state index contributed by atoms with van der Waals surface area (Å²) in [5.74, 6) is -0.173. The number of halogens is 1. The average molecular weight is 1200 g/mol. The van der Waals surface area contributed by atoms with Gasteiger partial charge in [0.15, 0.2) is 9.84 Å².